The number of carbonyl (C=O) groups is 1. The van der Waals surface area contributed by atoms with Gasteiger partial charge in [0, 0.05) is 13.1 Å². The topological polar surface area (TPSA) is 52.6 Å². The number of aliphatic hydroxyl groups is 1. The molecule has 2 rings (SSSR count). The molecule has 0 saturated carbocycles. The highest BCUT2D eigenvalue weighted by Crippen LogP contribution is 2.16. The first-order valence-electron chi connectivity index (χ1n) is 6.81. The Hall–Kier alpha value is -1.39. The molecule has 1 aliphatic rings. The maximum absolute atomic E-state index is 12.0. The summed E-state index contributed by atoms with van der Waals surface area (Å²) >= 11 is 0. The second kappa shape index (κ2) is 6.17. The Morgan fingerprint density at radius 1 is 1.53 bits per heavy atom. The van der Waals surface area contributed by atoms with Crippen LogP contribution < -0.4 is 5.32 Å². The maximum Gasteiger partial charge on any atom is 0.234 e. The predicted octanol–water partition coefficient (Wildman–Crippen LogP) is 1.24. The summed E-state index contributed by atoms with van der Waals surface area (Å²) in [5, 5.41) is 12.5. The normalized spacial score (nSPS) is 21.3. The molecule has 4 nitrogen and oxygen atoms in total. The van der Waals surface area contributed by atoms with Crippen LogP contribution in [0.2, 0.25) is 0 Å². The molecule has 4 heteroatoms. The Morgan fingerprint density at radius 2 is 2.26 bits per heavy atom. The van der Waals surface area contributed by atoms with Gasteiger partial charge in [-0.15, -0.1) is 0 Å². The van der Waals surface area contributed by atoms with Crippen LogP contribution in [-0.2, 0) is 4.79 Å². The van der Waals surface area contributed by atoms with Gasteiger partial charge in [0.25, 0.3) is 0 Å². The Labute approximate surface area is 114 Å². The molecule has 1 heterocycles. The van der Waals surface area contributed by atoms with Crippen LogP contribution in [0.15, 0.2) is 24.3 Å². The molecule has 1 amide bonds. The monoisotopic (exact) mass is 262 g/mol. The van der Waals surface area contributed by atoms with Crippen LogP contribution in [0.5, 0.6) is 0 Å². The summed E-state index contributed by atoms with van der Waals surface area (Å²) in [7, 11) is 0. The lowest BCUT2D eigenvalue weighted by Gasteiger charge is -2.19. The van der Waals surface area contributed by atoms with E-state index in [-0.39, 0.29) is 18.1 Å². The number of nitrogens with one attached hydrogen (secondary N) is 1. The number of hydrogen-bond donors (Lipinski definition) is 2. The zero-order valence-corrected chi connectivity index (χ0v) is 11.6. The first kappa shape index (κ1) is 14.0. The van der Waals surface area contributed by atoms with Crippen molar-refractivity contribution in [2.75, 3.05) is 19.6 Å². The van der Waals surface area contributed by atoms with Crippen LogP contribution in [0.1, 0.15) is 30.5 Å². The fraction of sp³-hybridized carbons (Fsp3) is 0.533. The van der Waals surface area contributed by atoms with Crippen molar-refractivity contribution < 1.29 is 9.90 Å². The van der Waals surface area contributed by atoms with Gasteiger partial charge in [0.05, 0.1) is 18.7 Å². The van der Waals surface area contributed by atoms with E-state index in [1.807, 2.05) is 30.0 Å². The minimum atomic E-state index is -0.276. The van der Waals surface area contributed by atoms with Gasteiger partial charge in [-0.25, -0.2) is 0 Å². The van der Waals surface area contributed by atoms with Gasteiger partial charge in [-0.2, -0.15) is 0 Å². The zero-order chi connectivity index (χ0) is 13.8. The standard InChI is InChI=1S/C15H22N2O2/c1-11-5-3-4-6-14(11)12(2)16-15(19)10-17-8-7-13(18)9-17/h3-6,12-13,18H,7-10H2,1-2H3,(H,16,19)/t12?,13-/m1/s1. The lowest BCUT2D eigenvalue weighted by atomic mass is 10.0. The van der Waals surface area contributed by atoms with Crippen molar-refractivity contribution in [3.05, 3.63) is 35.4 Å². The number of carbonyl (C=O) groups excluding carboxylic acids is 1. The van der Waals surface area contributed by atoms with Crippen LogP contribution in [-0.4, -0.2) is 41.7 Å². The van der Waals surface area contributed by atoms with Crippen molar-refractivity contribution in [3.8, 4) is 0 Å². The molecule has 1 fully saturated rings. The third-order valence-corrected chi connectivity index (χ3v) is 3.65. The van der Waals surface area contributed by atoms with Gasteiger partial charge in [0.1, 0.15) is 0 Å². The summed E-state index contributed by atoms with van der Waals surface area (Å²) in [5.74, 6) is 0.0184. The highest BCUT2D eigenvalue weighted by Gasteiger charge is 2.22. The molecule has 2 atom stereocenters. The average molecular weight is 262 g/mol. The largest absolute Gasteiger partial charge is 0.392 e. The Bertz CT molecular complexity index is 448. The van der Waals surface area contributed by atoms with E-state index in [9.17, 15) is 9.90 Å². The van der Waals surface area contributed by atoms with Crippen molar-refractivity contribution in [3.63, 3.8) is 0 Å². The van der Waals surface area contributed by atoms with E-state index in [4.69, 9.17) is 0 Å². The van der Waals surface area contributed by atoms with Crippen LogP contribution >= 0.6 is 0 Å². The highest BCUT2D eigenvalue weighted by molar-refractivity contribution is 5.78. The van der Waals surface area contributed by atoms with E-state index in [2.05, 4.69) is 18.3 Å². The molecule has 1 aliphatic heterocycles. The molecule has 0 aromatic heterocycles. The lowest BCUT2D eigenvalue weighted by Crippen LogP contribution is -2.37. The van der Waals surface area contributed by atoms with Crippen LogP contribution in [0, 0.1) is 6.92 Å². The van der Waals surface area contributed by atoms with Gasteiger partial charge in [0.15, 0.2) is 0 Å². The number of amides is 1. The predicted molar refractivity (Wildman–Crippen MR) is 74.8 cm³/mol. The number of rotatable bonds is 4. The quantitative estimate of drug-likeness (QED) is 0.858. The third-order valence-electron chi connectivity index (χ3n) is 3.65. The van der Waals surface area contributed by atoms with Gasteiger partial charge in [0.2, 0.25) is 5.91 Å². The Morgan fingerprint density at radius 3 is 2.89 bits per heavy atom. The van der Waals surface area contributed by atoms with E-state index in [0.29, 0.717) is 13.1 Å². The minimum absolute atomic E-state index is 0.0150. The summed E-state index contributed by atoms with van der Waals surface area (Å²) in [6.45, 7) is 5.82. The van der Waals surface area contributed by atoms with Gasteiger partial charge in [-0.3, -0.25) is 9.69 Å². The Kier molecular flexibility index (Phi) is 4.56. The number of benzene rings is 1. The SMILES string of the molecule is Cc1ccccc1C(C)NC(=O)CN1CC[C@@H](O)C1. The number of β-amino-alcohol motifs (C(OH)–C–C–N with tert-alkyl or cyclic N) is 1. The maximum atomic E-state index is 12.0. The van der Waals surface area contributed by atoms with Crippen LogP contribution in [0.4, 0.5) is 0 Å². The minimum Gasteiger partial charge on any atom is -0.392 e. The van der Waals surface area contributed by atoms with Crippen molar-refractivity contribution in [1.29, 1.82) is 0 Å². The van der Waals surface area contributed by atoms with E-state index in [1.165, 1.54) is 5.56 Å². The molecule has 1 unspecified atom stereocenters. The summed E-state index contributed by atoms with van der Waals surface area (Å²) < 4.78 is 0. The molecule has 0 spiro atoms. The summed E-state index contributed by atoms with van der Waals surface area (Å²) in [4.78, 5) is 14.0. The lowest BCUT2D eigenvalue weighted by molar-refractivity contribution is -0.122. The second-order valence-electron chi connectivity index (χ2n) is 5.32. The highest BCUT2D eigenvalue weighted by atomic mass is 16.3. The van der Waals surface area contributed by atoms with E-state index in [1.54, 1.807) is 0 Å². The molecular formula is C15H22N2O2. The number of aliphatic hydroxyl groups excluding tert-OH is 1. The zero-order valence-electron chi connectivity index (χ0n) is 11.6. The Balaban J connectivity index is 1.87. The molecule has 19 heavy (non-hydrogen) atoms. The summed E-state index contributed by atoms with van der Waals surface area (Å²) in [6, 6.07) is 8.09. The number of likely N-dealkylation sites (tertiary alicyclic amines) is 1. The smallest absolute Gasteiger partial charge is 0.234 e. The molecular weight excluding hydrogens is 240 g/mol. The fourth-order valence-electron chi connectivity index (χ4n) is 2.60. The molecule has 1 saturated heterocycles. The van der Waals surface area contributed by atoms with Crippen molar-refractivity contribution >= 4 is 5.91 Å². The van der Waals surface area contributed by atoms with Crippen molar-refractivity contribution in [2.45, 2.75) is 32.4 Å². The van der Waals surface area contributed by atoms with Gasteiger partial charge in [-0.1, -0.05) is 24.3 Å². The first-order chi connectivity index (χ1) is 9.06. The molecule has 0 aliphatic carbocycles. The van der Waals surface area contributed by atoms with Gasteiger partial charge < -0.3 is 10.4 Å². The molecule has 1 aromatic carbocycles. The second-order valence-corrected chi connectivity index (χ2v) is 5.32. The van der Waals surface area contributed by atoms with Crippen molar-refractivity contribution in [2.24, 2.45) is 0 Å². The molecule has 2 N–H and O–H groups in total. The number of nitrogens with zero attached hydrogens (tertiary/aromatic N) is 1. The molecule has 0 radical (unpaired) electrons. The van der Waals surface area contributed by atoms with Gasteiger partial charge in [-0.05, 0) is 31.4 Å². The van der Waals surface area contributed by atoms with E-state index in [0.717, 1.165) is 18.5 Å². The molecule has 1 aromatic rings. The first-order valence-corrected chi connectivity index (χ1v) is 6.81. The van der Waals surface area contributed by atoms with E-state index >= 15 is 0 Å². The summed E-state index contributed by atoms with van der Waals surface area (Å²) in [6.07, 6.45) is 0.488. The van der Waals surface area contributed by atoms with Gasteiger partial charge >= 0.3 is 0 Å². The fourth-order valence-corrected chi connectivity index (χ4v) is 2.60. The third kappa shape index (κ3) is 3.78. The van der Waals surface area contributed by atoms with Crippen LogP contribution in [0.25, 0.3) is 0 Å². The van der Waals surface area contributed by atoms with Crippen molar-refractivity contribution in [1.82, 2.24) is 10.2 Å². The number of aryl methyl sites for hydroxylation is 1. The molecule has 104 valence electrons. The number of hydrogen-bond acceptors (Lipinski definition) is 3. The van der Waals surface area contributed by atoms with Crippen LogP contribution in [0.3, 0.4) is 0 Å². The average Bonchev–Trinajstić information content (AvgIpc) is 2.74. The molecule has 0 bridgehead atoms. The van der Waals surface area contributed by atoms with E-state index < -0.39 is 0 Å². The summed E-state index contributed by atoms with van der Waals surface area (Å²) in [5.41, 5.74) is 2.34.